The molecule has 0 aliphatic rings. The van der Waals surface area contributed by atoms with E-state index in [-0.39, 0.29) is 18.8 Å². The van der Waals surface area contributed by atoms with Gasteiger partial charge in [-0.1, -0.05) is 74.5 Å². The maximum absolute atomic E-state index is 13.1. The van der Waals surface area contributed by atoms with Gasteiger partial charge < -0.3 is 31.9 Å². The minimum Gasteiger partial charge on any atom is -0.480 e. The third-order valence-corrected chi connectivity index (χ3v) is 5.65. The highest BCUT2D eigenvalue weighted by atomic mass is 16.4. The number of carbonyl (C=O) groups excluding carboxylic acids is 3. The van der Waals surface area contributed by atoms with E-state index in [0.717, 1.165) is 5.56 Å². The number of carboxylic acids is 1. The predicted molar refractivity (Wildman–Crippen MR) is 134 cm³/mol. The fraction of sp³-hybridized carbons (Fsp3) is 0.385. The highest BCUT2D eigenvalue weighted by molar-refractivity contribution is 5.94. The maximum Gasteiger partial charge on any atom is 0.326 e. The van der Waals surface area contributed by atoms with E-state index in [0.29, 0.717) is 5.56 Å². The summed E-state index contributed by atoms with van der Waals surface area (Å²) in [6.07, 6.45) is 0.141. The van der Waals surface area contributed by atoms with Crippen molar-refractivity contribution in [2.45, 2.75) is 50.9 Å². The van der Waals surface area contributed by atoms with Crippen molar-refractivity contribution >= 4 is 23.7 Å². The Morgan fingerprint density at radius 3 is 1.58 bits per heavy atom. The van der Waals surface area contributed by atoms with Crippen molar-refractivity contribution in [3.8, 4) is 0 Å². The van der Waals surface area contributed by atoms with E-state index in [9.17, 15) is 29.4 Å². The molecule has 0 aliphatic carbocycles. The second-order valence-electron chi connectivity index (χ2n) is 8.85. The van der Waals surface area contributed by atoms with Crippen molar-refractivity contribution in [3.05, 3.63) is 71.8 Å². The van der Waals surface area contributed by atoms with Gasteiger partial charge in [0.05, 0.1) is 12.6 Å². The largest absolute Gasteiger partial charge is 0.480 e. The number of aliphatic carboxylic acids is 1. The van der Waals surface area contributed by atoms with E-state index < -0.39 is 54.5 Å². The van der Waals surface area contributed by atoms with E-state index in [1.807, 2.05) is 6.07 Å². The number of aliphatic hydroxyl groups excluding tert-OH is 1. The lowest BCUT2D eigenvalue weighted by molar-refractivity contribution is -0.142. The lowest BCUT2D eigenvalue weighted by atomic mass is 10.0. The fourth-order valence-electron chi connectivity index (χ4n) is 3.42. The lowest BCUT2D eigenvalue weighted by Crippen LogP contribution is -2.59. The molecule has 0 saturated carbocycles. The van der Waals surface area contributed by atoms with Crippen LogP contribution in [0.15, 0.2) is 60.7 Å². The standard InChI is InChI=1S/C26H34N4O6/c1-16(2)22(27)25(34)28-19(13-17-9-5-3-6-10-17)23(32)30-21(15-31)24(33)29-20(26(35)36)14-18-11-7-4-8-12-18/h3-12,16,19-22,31H,13-15,27H2,1-2H3,(H,28,34)(H,29,33)(H,30,32)(H,35,36). The van der Waals surface area contributed by atoms with Gasteiger partial charge in [-0.15, -0.1) is 0 Å². The van der Waals surface area contributed by atoms with Gasteiger partial charge in [-0.3, -0.25) is 14.4 Å². The van der Waals surface area contributed by atoms with Crippen molar-refractivity contribution in [3.63, 3.8) is 0 Å². The van der Waals surface area contributed by atoms with E-state index in [4.69, 9.17) is 5.73 Å². The van der Waals surface area contributed by atoms with Crippen LogP contribution in [-0.4, -0.2) is 64.7 Å². The number of aliphatic hydroxyl groups is 1. The van der Waals surface area contributed by atoms with Crippen LogP contribution in [0.2, 0.25) is 0 Å². The first-order chi connectivity index (χ1) is 17.1. The summed E-state index contributed by atoms with van der Waals surface area (Å²) in [4.78, 5) is 50.1. The molecule has 10 heteroatoms. The van der Waals surface area contributed by atoms with E-state index in [1.54, 1.807) is 68.4 Å². The van der Waals surface area contributed by atoms with Gasteiger partial charge in [0, 0.05) is 12.8 Å². The average molecular weight is 499 g/mol. The second-order valence-corrected chi connectivity index (χ2v) is 8.85. The molecule has 0 aromatic heterocycles. The van der Waals surface area contributed by atoms with Crippen LogP contribution in [0.1, 0.15) is 25.0 Å². The minimum atomic E-state index is -1.43. The van der Waals surface area contributed by atoms with Gasteiger partial charge in [0.25, 0.3) is 0 Å². The highest BCUT2D eigenvalue weighted by Crippen LogP contribution is 2.07. The predicted octanol–water partition coefficient (Wildman–Crippen LogP) is -0.0136. The molecule has 0 bridgehead atoms. The molecule has 2 rings (SSSR count). The van der Waals surface area contributed by atoms with Crippen LogP contribution in [0.25, 0.3) is 0 Å². The van der Waals surface area contributed by atoms with E-state index >= 15 is 0 Å². The van der Waals surface area contributed by atoms with Crippen molar-refractivity contribution in [1.29, 1.82) is 0 Å². The Balaban J connectivity index is 2.13. The molecule has 7 N–H and O–H groups in total. The number of carboxylic acid groups (broad SMARTS) is 1. The van der Waals surface area contributed by atoms with Gasteiger partial charge >= 0.3 is 5.97 Å². The Morgan fingerprint density at radius 2 is 1.14 bits per heavy atom. The number of carbonyl (C=O) groups is 4. The lowest BCUT2D eigenvalue weighted by Gasteiger charge is -2.25. The molecular weight excluding hydrogens is 464 g/mol. The van der Waals surface area contributed by atoms with Gasteiger partial charge in [-0.25, -0.2) is 4.79 Å². The van der Waals surface area contributed by atoms with Crippen LogP contribution in [0.4, 0.5) is 0 Å². The molecule has 3 amide bonds. The van der Waals surface area contributed by atoms with Gasteiger partial charge in [0.2, 0.25) is 17.7 Å². The number of nitrogens with two attached hydrogens (primary N) is 1. The van der Waals surface area contributed by atoms with Gasteiger partial charge in [0.15, 0.2) is 0 Å². The molecule has 4 unspecified atom stereocenters. The summed E-state index contributed by atoms with van der Waals surface area (Å²) < 4.78 is 0. The minimum absolute atomic E-state index is 0.0216. The Hall–Kier alpha value is -3.76. The second kappa shape index (κ2) is 14.0. The van der Waals surface area contributed by atoms with Crippen LogP contribution < -0.4 is 21.7 Å². The van der Waals surface area contributed by atoms with Crippen LogP contribution in [0, 0.1) is 5.92 Å². The zero-order chi connectivity index (χ0) is 26.7. The molecule has 0 spiro atoms. The zero-order valence-electron chi connectivity index (χ0n) is 20.4. The molecule has 4 atom stereocenters. The number of nitrogens with one attached hydrogen (secondary N) is 3. The molecule has 0 heterocycles. The Morgan fingerprint density at radius 1 is 0.722 bits per heavy atom. The number of hydrogen-bond acceptors (Lipinski definition) is 6. The van der Waals surface area contributed by atoms with Crippen molar-refractivity contribution < 1.29 is 29.4 Å². The topological polar surface area (TPSA) is 171 Å². The monoisotopic (exact) mass is 498 g/mol. The molecule has 36 heavy (non-hydrogen) atoms. The first kappa shape index (κ1) is 28.5. The van der Waals surface area contributed by atoms with Gasteiger partial charge in [-0.05, 0) is 17.0 Å². The van der Waals surface area contributed by atoms with Crippen LogP contribution in [0.3, 0.4) is 0 Å². The average Bonchev–Trinajstić information content (AvgIpc) is 2.86. The Labute approximate surface area is 210 Å². The molecule has 0 radical (unpaired) electrons. The maximum atomic E-state index is 13.1. The molecule has 0 fully saturated rings. The summed E-state index contributed by atoms with van der Waals surface area (Å²) in [5.74, 6) is -3.53. The summed E-state index contributed by atoms with van der Waals surface area (Å²) in [6.45, 7) is 2.78. The fourth-order valence-corrected chi connectivity index (χ4v) is 3.42. The van der Waals surface area contributed by atoms with Crippen LogP contribution in [-0.2, 0) is 32.0 Å². The third kappa shape index (κ3) is 8.79. The van der Waals surface area contributed by atoms with Crippen molar-refractivity contribution in [2.24, 2.45) is 11.7 Å². The van der Waals surface area contributed by atoms with Gasteiger partial charge in [-0.2, -0.15) is 0 Å². The molecule has 2 aromatic rings. The number of hydrogen-bond donors (Lipinski definition) is 6. The summed E-state index contributed by atoms with van der Waals surface area (Å²) in [7, 11) is 0. The van der Waals surface area contributed by atoms with Gasteiger partial charge in [0.1, 0.15) is 18.1 Å². The summed E-state index contributed by atoms with van der Waals surface area (Å²) in [5, 5.41) is 26.7. The summed E-state index contributed by atoms with van der Waals surface area (Å²) in [6, 6.07) is 13.1. The van der Waals surface area contributed by atoms with Crippen molar-refractivity contribution in [2.75, 3.05) is 6.61 Å². The first-order valence-corrected chi connectivity index (χ1v) is 11.7. The zero-order valence-corrected chi connectivity index (χ0v) is 20.4. The third-order valence-electron chi connectivity index (χ3n) is 5.65. The first-order valence-electron chi connectivity index (χ1n) is 11.7. The summed E-state index contributed by atoms with van der Waals surface area (Å²) in [5.41, 5.74) is 7.38. The number of benzene rings is 2. The Kier molecular flexibility index (Phi) is 11.0. The number of amides is 3. The van der Waals surface area contributed by atoms with Crippen molar-refractivity contribution in [1.82, 2.24) is 16.0 Å². The Bertz CT molecular complexity index is 1020. The number of rotatable bonds is 13. The van der Waals surface area contributed by atoms with E-state index in [1.165, 1.54) is 0 Å². The molecule has 0 saturated heterocycles. The normalized spacial score (nSPS) is 14.2. The SMILES string of the molecule is CC(C)C(N)C(=O)NC(Cc1ccccc1)C(=O)NC(CO)C(=O)NC(Cc1ccccc1)C(=O)O. The smallest absolute Gasteiger partial charge is 0.326 e. The molecule has 10 nitrogen and oxygen atoms in total. The highest BCUT2D eigenvalue weighted by Gasteiger charge is 2.30. The molecule has 0 aliphatic heterocycles. The molecular formula is C26H34N4O6. The molecule has 194 valence electrons. The van der Waals surface area contributed by atoms with E-state index in [2.05, 4.69) is 16.0 Å². The molecule has 2 aromatic carbocycles. The van der Waals surface area contributed by atoms with Crippen LogP contribution in [0.5, 0.6) is 0 Å². The summed E-state index contributed by atoms with van der Waals surface area (Å²) >= 11 is 0. The quantitative estimate of drug-likeness (QED) is 0.225. The van der Waals surface area contributed by atoms with Crippen LogP contribution >= 0.6 is 0 Å².